The minimum atomic E-state index is 0.215. The molecule has 3 N–H and O–H groups in total. The number of aromatic nitrogens is 6. The lowest BCUT2D eigenvalue weighted by Gasteiger charge is -2.06. The Morgan fingerprint density at radius 2 is 2.29 bits per heavy atom. The zero-order valence-corrected chi connectivity index (χ0v) is 9.25. The molecule has 3 heterocycles. The highest BCUT2D eigenvalue weighted by Gasteiger charge is 2.12. The average molecular weight is 229 g/mol. The lowest BCUT2D eigenvalue weighted by Crippen LogP contribution is -2.05. The zero-order chi connectivity index (χ0) is 11.8. The molecule has 0 aliphatic heterocycles. The maximum absolute atomic E-state index is 5.68. The van der Waals surface area contributed by atoms with Crippen LogP contribution in [0.3, 0.4) is 0 Å². The van der Waals surface area contributed by atoms with Crippen molar-refractivity contribution in [2.45, 2.75) is 13.3 Å². The van der Waals surface area contributed by atoms with Gasteiger partial charge < -0.3 is 5.73 Å². The van der Waals surface area contributed by atoms with Crippen molar-refractivity contribution in [1.29, 1.82) is 0 Å². The molecule has 0 fully saturated rings. The minimum Gasteiger partial charge on any atom is -0.368 e. The molecule has 3 aromatic rings. The van der Waals surface area contributed by atoms with Gasteiger partial charge >= 0.3 is 0 Å². The number of H-pyrrole nitrogens is 1. The van der Waals surface area contributed by atoms with Crippen molar-refractivity contribution in [3.8, 4) is 5.82 Å². The standard InChI is InChI=1S/C10H11N7/c1-2-7-12-3-4-17(7)9-6-5-13-16-8(6)14-10(11)15-9/h3-5H,2H2,1H3,(H3,11,13,14,15,16). The molecule has 0 unspecified atom stereocenters. The lowest BCUT2D eigenvalue weighted by molar-refractivity contribution is 0.872. The topological polar surface area (TPSA) is 98.3 Å². The Hall–Kier alpha value is -2.44. The molecule has 7 heteroatoms. The molecule has 17 heavy (non-hydrogen) atoms. The molecular weight excluding hydrogens is 218 g/mol. The number of imidazole rings is 1. The SMILES string of the molecule is CCc1nccn1-c1nc(N)nc2[nH]ncc12. The first kappa shape index (κ1) is 9.76. The van der Waals surface area contributed by atoms with Crippen LogP contribution in [0.15, 0.2) is 18.6 Å². The second-order valence-electron chi connectivity index (χ2n) is 3.60. The minimum absolute atomic E-state index is 0.215. The van der Waals surface area contributed by atoms with Gasteiger partial charge in [-0.2, -0.15) is 15.1 Å². The van der Waals surface area contributed by atoms with E-state index in [1.807, 2.05) is 17.7 Å². The van der Waals surface area contributed by atoms with E-state index in [2.05, 4.69) is 25.1 Å². The quantitative estimate of drug-likeness (QED) is 0.673. The molecule has 3 aromatic heterocycles. The predicted octanol–water partition coefficient (Wildman–Crippen LogP) is 0.683. The summed E-state index contributed by atoms with van der Waals surface area (Å²) in [5, 5.41) is 7.56. The van der Waals surface area contributed by atoms with E-state index in [9.17, 15) is 0 Å². The van der Waals surface area contributed by atoms with Crippen LogP contribution < -0.4 is 5.73 Å². The van der Waals surface area contributed by atoms with Gasteiger partial charge in [0, 0.05) is 18.8 Å². The first-order chi connectivity index (χ1) is 8.29. The van der Waals surface area contributed by atoms with Crippen molar-refractivity contribution in [3.05, 3.63) is 24.4 Å². The third kappa shape index (κ3) is 1.43. The van der Waals surface area contributed by atoms with E-state index in [-0.39, 0.29) is 5.95 Å². The molecule has 0 spiro atoms. The number of anilines is 1. The predicted molar refractivity (Wildman–Crippen MR) is 62.6 cm³/mol. The molecule has 0 amide bonds. The highest BCUT2D eigenvalue weighted by molar-refractivity contribution is 5.82. The van der Waals surface area contributed by atoms with E-state index in [1.165, 1.54) is 0 Å². The van der Waals surface area contributed by atoms with Crippen LogP contribution in [0.1, 0.15) is 12.7 Å². The van der Waals surface area contributed by atoms with Crippen LogP contribution in [0.2, 0.25) is 0 Å². The van der Waals surface area contributed by atoms with Gasteiger partial charge in [-0.1, -0.05) is 6.92 Å². The number of rotatable bonds is 2. The number of fused-ring (bicyclic) bond motifs is 1. The molecule has 0 aliphatic carbocycles. The van der Waals surface area contributed by atoms with Crippen LogP contribution in [0.4, 0.5) is 5.95 Å². The molecule has 3 rings (SSSR count). The average Bonchev–Trinajstić information content (AvgIpc) is 2.95. The van der Waals surface area contributed by atoms with E-state index in [0.717, 1.165) is 17.6 Å². The Labute approximate surface area is 96.7 Å². The summed E-state index contributed by atoms with van der Waals surface area (Å²) in [5.74, 6) is 1.84. The highest BCUT2D eigenvalue weighted by Crippen LogP contribution is 2.19. The fourth-order valence-electron chi connectivity index (χ4n) is 1.81. The van der Waals surface area contributed by atoms with Crippen molar-refractivity contribution in [2.75, 3.05) is 5.73 Å². The Kier molecular flexibility index (Phi) is 2.04. The number of hydrogen-bond acceptors (Lipinski definition) is 5. The van der Waals surface area contributed by atoms with Crippen molar-refractivity contribution in [2.24, 2.45) is 0 Å². The lowest BCUT2D eigenvalue weighted by atomic mass is 10.3. The van der Waals surface area contributed by atoms with Gasteiger partial charge in [-0.05, 0) is 0 Å². The summed E-state index contributed by atoms with van der Waals surface area (Å²) in [6.07, 6.45) is 6.09. The summed E-state index contributed by atoms with van der Waals surface area (Å²) >= 11 is 0. The van der Waals surface area contributed by atoms with E-state index in [1.54, 1.807) is 12.4 Å². The van der Waals surface area contributed by atoms with Crippen molar-refractivity contribution in [3.63, 3.8) is 0 Å². The molecule has 0 aliphatic rings. The number of nitrogen functional groups attached to an aromatic ring is 1. The highest BCUT2D eigenvalue weighted by atomic mass is 15.2. The Morgan fingerprint density at radius 1 is 1.41 bits per heavy atom. The van der Waals surface area contributed by atoms with Crippen molar-refractivity contribution >= 4 is 17.0 Å². The van der Waals surface area contributed by atoms with Gasteiger partial charge in [-0.25, -0.2) is 4.98 Å². The third-order valence-electron chi connectivity index (χ3n) is 2.57. The third-order valence-corrected chi connectivity index (χ3v) is 2.57. The summed E-state index contributed by atoms with van der Waals surface area (Å²) in [6.45, 7) is 2.04. The van der Waals surface area contributed by atoms with Gasteiger partial charge in [0.2, 0.25) is 5.95 Å². The fraction of sp³-hybridized carbons (Fsp3) is 0.200. The Morgan fingerprint density at radius 3 is 3.12 bits per heavy atom. The summed E-state index contributed by atoms with van der Waals surface area (Å²) in [6, 6.07) is 0. The van der Waals surface area contributed by atoms with Crippen molar-refractivity contribution < 1.29 is 0 Å². The number of aryl methyl sites for hydroxylation is 1. The van der Waals surface area contributed by atoms with E-state index >= 15 is 0 Å². The molecule has 0 bridgehead atoms. The van der Waals surface area contributed by atoms with E-state index < -0.39 is 0 Å². The van der Waals surface area contributed by atoms with Gasteiger partial charge in [0.15, 0.2) is 11.5 Å². The van der Waals surface area contributed by atoms with Crippen LogP contribution in [0.5, 0.6) is 0 Å². The zero-order valence-electron chi connectivity index (χ0n) is 9.25. The van der Waals surface area contributed by atoms with Gasteiger partial charge in [-0.15, -0.1) is 0 Å². The van der Waals surface area contributed by atoms with E-state index in [4.69, 9.17) is 5.73 Å². The molecule has 0 saturated heterocycles. The van der Waals surface area contributed by atoms with Gasteiger partial charge in [0.1, 0.15) is 5.82 Å². The largest absolute Gasteiger partial charge is 0.368 e. The number of nitrogens with zero attached hydrogens (tertiary/aromatic N) is 5. The normalized spacial score (nSPS) is 11.1. The van der Waals surface area contributed by atoms with Gasteiger partial charge in [-0.3, -0.25) is 9.67 Å². The Balaban J connectivity index is 2.32. The van der Waals surface area contributed by atoms with Gasteiger partial charge in [0.25, 0.3) is 0 Å². The second kappa shape index (κ2) is 3.55. The van der Waals surface area contributed by atoms with Crippen molar-refractivity contribution in [1.82, 2.24) is 29.7 Å². The van der Waals surface area contributed by atoms with Crippen LogP contribution in [-0.2, 0) is 6.42 Å². The molecule has 0 aromatic carbocycles. The number of aromatic amines is 1. The first-order valence-electron chi connectivity index (χ1n) is 5.28. The number of nitrogens with two attached hydrogens (primary N) is 1. The van der Waals surface area contributed by atoms with Crippen LogP contribution in [-0.4, -0.2) is 29.7 Å². The monoisotopic (exact) mass is 229 g/mol. The number of hydrogen-bond donors (Lipinski definition) is 2. The Bertz CT molecular complexity index is 666. The van der Waals surface area contributed by atoms with Gasteiger partial charge in [0.05, 0.1) is 11.6 Å². The molecule has 0 saturated carbocycles. The summed E-state index contributed by atoms with van der Waals surface area (Å²) < 4.78 is 1.90. The smallest absolute Gasteiger partial charge is 0.224 e. The summed E-state index contributed by atoms with van der Waals surface area (Å²) in [5.41, 5.74) is 6.31. The molecule has 0 atom stereocenters. The number of nitrogens with one attached hydrogen (secondary N) is 1. The summed E-state index contributed by atoms with van der Waals surface area (Å²) in [4.78, 5) is 12.6. The van der Waals surface area contributed by atoms with E-state index in [0.29, 0.717) is 11.5 Å². The summed E-state index contributed by atoms with van der Waals surface area (Å²) in [7, 11) is 0. The fourth-order valence-corrected chi connectivity index (χ4v) is 1.81. The maximum atomic E-state index is 5.68. The van der Waals surface area contributed by atoms with Crippen LogP contribution >= 0.6 is 0 Å². The van der Waals surface area contributed by atoms with Crippen LogP contribution in [0.25, 0.3) is 16.9 Å². The molecular formula is C10H11N7. The molecule has 0 radical (unpaired) electrons. The second-order valence-corrected chi connectivity index (χ2v) is 3.60. The van der Waals surface area contributed by atoms with Crippen LogP contribution in [0, 0.1) is 0 Å². The first-order valence-corrected chi connectivity index (χ1v) is 5.28. The maximum Gasteiger partial charge on any atom is 0.224 e. The molecule has 86 valence electrons. The molecule has 7 nitrogen and oxygen atoms in total.